The molecule has 0 unspecified atom stereocenters. The number of aryl methyl sites for hydroxylation is 1. The number of hydrogen-bond donors (Lipinski definition) is 0. The number of halogens is 3. The Morgan fingerprint density at radius 2 is 1.47 bits per heavy atom. The highest BCUT2D eigenvalue weighted by atomic mass is 19.2. The van der Waals surface area contributed by atoms with Gasteiger partial charge >= 0.3 is 0 Å². The van der Waals surface area contributed by atoms with Gasteiger partial charge in [0.1, 0.15) is 5.82 Å². The van der Waals surface area contributed by atoms with Gasteiger partial charge in [0.15, 0.2) is 11.6 Å². The highest BCUT2D eigenvalue weighted by Crippen LogP contribution is 2.39. The molecule has 3 aromatic rings. The molecule has 1 fully saturated rings. The van der Waals surface area contributed by atoms with Crippen LogP contribution in [0, 0.1) is 30.3 Å². The lowest BCUT2D eigenvalue weighted by molar-refractivity contribution is 0.308. The Hall–Kier alpha value is -2.81. The number of allylic oxidation sites excluding steroid dienone is 1. The molecule has 1 aliphatic rings. The minimum absolute atomic E-state index is 0.159. The summed E-state index contributed by atoms with van der Waals surface area (Å²) < 4.78 is 43.2. The molecule has 0 radical (unpaired) electrons. The fraction of sp³-hybridized carbons (Fsp3) is 0.310. The van der Waals surface area contributed by atoms with E-state index in [1.165, 1.54) is 13.3 Å². The van der Waals surface area contributed by atoms with E-state index in [0.717, 1.165) is 54.7 Å². The van der Waals surface area contributed by atoms with Crippen LogP contribution in [0.4, 0.5) is 13.2 Å². The number of hydrogen-bond acceptors (Lipinski definition) is 0. The Balaban J connectivity index is 1.49. The average Bonchev–Trinajstić information content (AvgIpc) is 2.82. The van der Waals surface area contributed by atoms with E-state index >= 15 is 0 Å². The van der Waals surface area contributed by atoms with Crippen molar-refractivity contribution in [1.82, 2.24) is 0 Å². The van der Waals surface area contributed by atoms with Gasteiger partial charge in [-0.15, -0.1) is 6.58 Å². The van der Waals surface area contributed by atoms with Gasteiger partial charge in [0, 0.05) is 5.56 Å². The average molecular weight is 435 g/mol. The van der Waals surface area contributed by atoms with Crippen molar-refractivity contribution in [2.75, 3.05) is 0 Å². The minimum atomic E-state index is -0.840. The zero-order chi connectivity index (χ0) is 22.7. The van der Waals surface area contributed by atoms with E-state index in [4.69, 9.17) is 0 Å². The van der Waals surface area contributed by atoms with Crippen LogP contribution < -0.4 is 0 Å². The summed E-state index contributed by atoms with van der Waals surface area (Å²) in [5, 5.41) is 0. The predicted molar refractivity (Wildman–Crippen MR) is 126 cm³/mol. The van der Waals surface area contributed by atoms with Crippen LogP contribution in [0.3, 0.4) is 0 Å². The van der Waals surface area contributed by atoms with Crippen molar-refractivity contribution in [3.05, 3.63) is 95.8 Å². The standard InChI is InChI=1S/C29H29F3/c1-3-4-5-20-7-9-22(10-8-20)25-17-15-24(18-27(25)30)21-11-13-23(14-12-21)26-16-6-19(2)28(31)29(26)32/h3,6,11-18,20,22H,1,4-5,7-10H2,2H3. The van der Waals surface area contributed by atoms with Gasteiger partial charge < -0.3 is 0 Å². The summed E-state index contributed by atoms with van der Waals surface area (Å²) >= 11 is 0. The highest BCUT2D eigenvalue weighted by Gasteiger charge is 2.24. The normalized spacial score (nSPS) is 18.5. The summed E-state index contributed by atoms with van der Waals surface area (Å²) in [7, 11) is 0. The van der Waals surface area contributed by atoms with E-state index in [-0.39, 0.29) is 22.9 Å². The Morgan fingerprint density at radius 1 is 0.812 bits per heavy atom. The van der Waals surface area contributed by atoms with E-state index in [9.17, 15) is 13.2 Å². The molecule has 0 nitrogen and oxygen atoms in total. The second-order valence-corrected chi connectivity index (χ2v) is 8.96. The van der Waals surface area contributed by atoms with E-state index in [2.05, 4.69) is 6.58 Å². The lowest BCUT2D eigenvalue weighted by Gasteiger charge is -2.29. The van der Waals surface area contributed by atoms with Crippen LogP contribution in [0.2, 0.25) is 0 Å². The van der Waals surface area contributed by atoms with E-state index < -0.39 is 11.6 Å². The van der Waals surface area contributed by atoms with Gasteiger partial charge in [0.2, 0.25) is 0 Å². The van der Waals surface area contributed by atoms with Gasteiger partial charge in [-0.3, -0.25) is 0 Å². The molecule has 0 heterocycles. The highest BCUT2D eigenvalue weighted by molar-refractivity contribution is 5.71. The number of rotatable bonds is 6. The molecule has 0 atom stereocenters. The summed E-state index contributed by atoms with van der Waals surface area (Å²) in [6.45, 7) is 5.34. The van der Waals surface area contributed by atoms with Crippen molar-refractivity contribution in [3.8, 4) is 22.3 Å². The van der Waals surface area contributed by atoms with Gasteiger partial charge in [-0.25, -0.2) is 13.2 Å². The molecule has 1 saturated carbocycles. The number of benzene rings is 3. The van der Waals surface area contributed by atoms with Crippen molar-refractivity contribution in [2.24, 2.45) is 5.92 Å². The first-order valence-electron chi connectivity index (χ1n) is 11.4. The lowest BCUT2D eigenvalue weighted by Crippen LogP contribution is -2.14. The maximum absolute atomic E-state index is 15.0. The van der Waals surface area contributed by atoms with E-state index in [1.807, 2.05) is 30.3 Å². The second-order valence-electron chi connectivity index (χ2n) is 8.96. The topological polar surface area (TPSA) is 0 Å². The van der Waals surface area contributed by atoms with Crippen molar-refractivity contribution < 1.29 is 13.2 Å². The van der Waals surface area contributed by atoms with E-state index in [1.54, 1.807) is 30.3 Å². The van der Waals surface area contributed by atoms with Crippen LogP contribution in [0.5, 0.6) is 0 Å². The van der Waals surface area contributed by atoms with Crippen molar-refractivity contribution in [2.45, 2.75) is 51.4 Å². The SMILES string of the molecule is C=CCCC1CCC(c2ccc(-c3ccc(-c4ccc(C)c(F)c4F)cc3)cc2F)CC1. The minimum Gasteiger partial charge on any atom is -0.207 e. The van der Waals surface area contributed by atoms with Crippen LogP contribution in [0.15, 0.2) is 67.3 Å². The summed E-state index contributed by atoms with van der Waals surface area (Å²) in [6, 6.07) is 15.8. The maximum Gasteiger partial charge on any atom is 0.166 e. The van der Waals surface area contributed by atoms with Gasteiger partial charge in [-0.2, -0.15) is 0 Å². The van der Waals surface area contributed by atoms with Crippen LogP contribution >= 0.6 is 0 Å². The molecular formula is C29H29F3. The third kappa shape index (κ3) is 4.67. The Morgan fingerprint density at radius 3 is 2.12 bits per heavy atom. The molecule has 4 rings (SSSR count). The smallest absolute Gasteiger partial charge is 0.166 e. The van der Waals surface area contributed by atoms with Crippen molar-refractivity contribution in [3.63, 3.8) is 0 Å². The molecule has 32 heavy (non-hydrogen) atoms. The zero-order valence-corrected chi connectivity index (χ0v) is 18.5. The monoisotopic (exact) mass is 434 g/mol. The summed E-state index contributed by atoms with van der Waals surface area (Å²) in [5.41, 5.74) is 3.54. The molecular weight excluding hydrogens is 405 g/mol. The molecule has 0 spiro atoms. The molecule has 1 aliphatic carbocycles. The lowest BCUT2D eigenvalue weighted by atomic mass is 9.77. The largest absolute Gasteiger partial charge is 0.207 e. The molecule has 0 amide bonds. The first-order chi connectivity index (χ1) is 15.5. The molecule has 0 aliphatic heterocycles. The van der Waals surface area contributed by atoms with Crippen LogP contribution in [0.1, 0.15) is 55.6 Å². The molecule has 0 saturated heterocycles. The molecule has 0 aromatic heterocycles. The molecule has 166 valence electrons. The van der Waals surface area contributed by atoms with Crippen LogP contribution in [-0.4, -0.2) is 0 Å². The first-order valence-corrected chi connectivity index (χ1v) is 11.4. The zero-order valence-electron chi connectivity index (χ0n) is 18.5. The van der Waals surface area contributed by atoms with Gasteiger partial charge in [0.25, 0.3) is 0 Å². The summed E-state index contributed by atoms with van der Waals surface area (Å²) in [4.78, 5) is 0. The summed E-state index contributed by atoms with van der Waals surface area (Å²) in [6.07, 6.45) is 8.59. The quantitative estimate of drug-likeness (QED) is 0.340. The van der Waals surface area contributed by atoms with Crippen molar-refractivity contribution >= 4 is 0 Å². The predicted octanol–water partition coefficient (Wildman–Crippen LogP) is 8.99. The molecule has 3 heteroatoms. The first kappa shape index (κ1) is 22.4. The Bertz CT molecular complexity index is 1090. The summed E-state index contributed by atoms with van der Waals surface area (Å²) in [5.74, 6) is -0.804. The van der Waals surface area contributed by atoms with Crippen LogP contribution in [0.25, 0.3) is 22.3 Å². The Labute approximate surface area is 188 Å². The molecule has 3 aromatic carbocycles. The van der Waals surface area contributed by atoms with E-state index in [0.29, 0.717) is 5.56 Å². The fourth-order valence-electron chi connectivity index (χ4n) is 4.86. The van der Waals surface area contributed by atoms with Gasteiger partial charge in [-0.1, -0.05) is 54.6 Å². The fourth-order valence-corrected chi connectivity index (χ4v) is 4.86. The molecule has 0 N–H and O–H groups in total. The van der Waals surface area contributed by atoms with Crippen LogP contribution in [-0.2, 0) is 0 Å². The third-order valence-corrected chi connectivity index (χ3v) is 6.87. The second kappa shape index (κ2) is 9.77. The van der Waals surface area contributed by atoms with Crippen molar-refractivity contribution in [1.29, 1.82) is 0 Å². The molecule has 0 bridgehead atoms. The third-order valence-electron chi connectivity index (χ3n) is 6.87. The Kier molecular flexibility index (Phi) is 6.83. The van der Waals surface area contributed by atoms with Gasteiger partial charge in [-0.05, 0) is 91.2 Å². The van der Waals surface area contributed by atoms with Gasteiger partial charge in [0.05, 0.1) is 0 Å². The maximum atomic E-state index is 15.0.